The molecular weight excluding hydrogens is 148 g/mol. The van der Waals surface area contributed by atoms with Gasteiger partial charge in [-0.15, -0.1) is 0 Å². The molecule has 10 heavy (non-hydrogen) atoms. The summed E-state index contributed by atoms with van der Waals surface area (Å²) in [6.45, 7) is 0. The average Bonchev–Trinajstić information content (AvgIpc) is 2.10. The van der Waals surface area contributed by atoms with Gasteiger partial charge in [-0.25, -0.2) is 0 Å². The zero-order valence-corrected chi connectivity index (χ0v) is 6.38. The van der Waals surface area contributed by atoms with Crippen LogP contribution in [0, 0.1) is 0 Å². The van der Waals surface area contributed by atoms with Crippen molar-refractivity contribution in [2.45, 2.75) is 25.3 Å². The Morgan fingerprint density at radius 2 is 2.40 bits per heavy atom. The summed E-state index contributed by atoms with van der Waals surface area (Å²) in [7, 11) is 0. The predicted octanol–water partition coefficient (Wildman–Crippen LogP) is 2.26. The van der Waals surface area contributed by atoms with Gasteiger partial charge in [0.15, 0.2) is 5.15 Å². The molecule has 0 unspecified atom stereocenters. The van der Waals surface area contributed by atoms with Crippen LogP contribution in [0.15, 0.2) is 12.3 Å². The number of rotatable bonds is 1. The van der Waals surface area contributed by atoms with Crippen molar-refractivity contribution >= 4 is 11.6 Å². The standard InChI is InChI=1S/C7H9ClN2/c8-7-4-5-10(9-7)6-2-1-3-6/h4-6H,1-3H2. The number of hydrogen-bond acceptors (Lipinski definition) is 1. The topological polar surface area (TPSA) is 17.8 Å². The van der Waals surface area contributed by atoms with Crippen LogP contribution < -0.4 is 0 Å². The zero-order valence-electron chi connectivity index (χ0n) is 5.63. The lowest BCUT2D eigenvalue weighted by atomic mass is 9.93. The van der Waals surface area contributed by atoms with Crippen LogP contribution in [0.3, 0.4) is 0 Å². The fourth-order valence-electron chi connectivity index (χ4n) is 1.17. The fourth-order valence-corrected chi connectivity index (χ4v) is 1.31. The molecule has 0 amide bonds. The van der Waals surface area contributed by atoms with Crippen LogP contribution in [0.2, 0.25) is 5.15 Å². The van der Waals surface area contributed by atoms with Crippen LogP contribution >= 0.6 is 11.6 Å². The van der Waals surface area contributed by atoms with E-state index in [1.807, 2.05) is 16.9 Å². The molecule has 1 heterocycles. The van der Waals surface area contributed by atoms with E-state index in [2.05, 4.69) is 5.10 Å². The first-order chi connectivity index (χ1) is 4.86. The van der Waals surface area contributed by atoms with E-state index in [9.17, 15) is 0 Å². The summed E-state index contributed by atoms with van der Waals surface area (Å²) in [4.78, 5) is 0. The Balaban J connectivity index is 2.17. The van der Waals surface area contributed by atoms with Gasteiger partial charge in [0.1, 0.15) is 0 Å². The maximum atomic E-state index is 5.65. The van der Waals surface area contributed by atoms with E-state index in [0.29, 0.717) is 11.2 Å². The smallest absolute Gasteiger partial charge is 0.151 e. The first kappa shape index (κ1) is 6.23. The quantitative estimate of drug-likeness (QED) is 0.610. The molecule has 0 radical (unpaired) electrons. The highest BCUT2D eigenvalue weighted by Crippen LogP contribution is 2.30. The van der Waals surface area contributed by atoms with Crippen LogP contribution in [0.4, 0.5) is 0 Å². The molecule has 1 aliphatic rings. The summed E-state index contributed by atoms with van der Waals surface area (Å²) in [5, 5.41) is 4.72. The van der Waals surface area contributed by atoms with E-state index in [1.54, 1.807) is 0 Å². The molecule has 0 N–H and O–H groups in total. The highest BCUT2D eigenvalue weighted by molar-refractivity contribution is 6.29. The van der Waals surface area contributed by atoms with Gasteiger partial charge in [0, 0.05) is 6.20 Å². The third kappa shape index (κ3) is 0.926. The Hall–Kier alpha value is -0.500. The van der Waals surface area contributed by atoms with E-state index in [-0.39, 0.29) is 0 Å². The minimum absolute atomic E-state index is 0.604. The molecule has 1 saturated carbocycles. The minimum atomic E-state index is 0.604. The van der Waals surface area contributed by atoms with Gasteiger partial charge >= 0.3 is 0 Å². The highest BCUT2D eigenvalue weighted by Gasteiger charge is 2.19. The lowest BCUT2D eigenvalue weighted by Gasteiger charge is -2.25. The van der Waals surface area contributed by atoms with Crippen molar-refractivity contribution in [2.24, 2.45) is 0 Å². The van der Waals surface area contributed by atoms with Crippen LogP contribution in [0.1, 0.15) is 25.3 Å². The lowest BCUT2D eigenvalue weighted by molar-refractivity contribution is 0.289. The van der Waals surface area contributed by atoms with Crippen molar-refractivity contribution < 1.29 is 0 Å². The largest absolute Gasteiger partial charge is 0.268 e. The Kier molecular flexibility index (Phi) is 1.42. The van der Waals surface area contributed by atoms with E-state index in [4.69, 9.17) is 11.6 Å². The first-order valence-electron chi connectivity index (χ1n) is 3.57. The predicted molar refractivity (Wildman–Crippen MR) is 40.1 cm³/mol. The number of aromatic nitrogens is 2. The second kappa shape index (κ2) is 2.27. The Morgan fingerprint density at radius 3 is 2.80 bits per heavy atom. The Morgan fingerprint density at radius 1 is 1.60 bits per heavy atom. The molecule has 1 aromatic rings. The monoisotopic (exact) mass is 156 g/mol. The molecule has 0 aliphatic heterocycles. The number of nitrogens with zero attached hydrogens (tertiary/aromatic N) is 2. The summed E-state index contributed by atoms with van der Waals surface area (Å²) in [6.07, 6.45) is 5.81. The zero-order chi connectivity index (χ0) is 6.97. The summed E-state index contributed by atoms with van der Waals surface area (Å²) >= 11 is 5.65. The van der Waals surface area contributed by atoms with Gasteiger partial charge in [0.2, 0.25) is 0 Å². The molecule has 1 aliphatic carbocycles. The van der Waals surface area contributed by atoms with Gasteiger partial charge in [-0.3, -0.25) is 4.68 Å². The molecule has 0 atom stereocenters. The minimum Gasteiger partial charge on any atom is -0.268 e. The number of hydrogen-bond donors (Lipinski definition) is 0. The van der Waals surface area contributed by atoms with Crippen LogP contribution in [-0.4, -0.2) is 9.78 Å². The Labute approximate surface area is 64.8 Å². The number of halogens is 1. The molecule has 0 aromatic carbocycles. The molecule has 1 aromatic heterocycles. The van der Waals surface area contributed by atoms with E-state index in [1.165, 1.54) is 19.3 Å². The maximum absolute atomic E-state index is 5.65. The molecule has 1 fully saturated rings. The van der Waals surface area contributed by atoms with E-state index >= 15 is 0 Å². The van der Waals surface area contributed by atoms with Gasteiger partial charge in [-0.05, 0) is 25.3 Å². The fraction of sp³-hybridized carbons (Fsp3) is 0.571. The summed E-state index contributed by atoms with van der Waals surface area (Å²) < 4.78 is 1.96. The first-order valence-corrected chi connectivity index (χ1v) is 3.95. The van der Waals surface area contributed by atoms with Gasteiger partial charge in [0.25, 0.3) is 0 Å². The third-order valence-corrected chi connectivity index (χ3v) is 2.23. The van der Waals surface area contributed by atoms with Crippen molar-refractivity contribution in [3.8, 4) is 0 Å². The van der Waals surface area contributed by atoms with Crippen LogP contribution in [-0.2, 0) is 0 Å². The lowest BCUT2D eigenvalue weighted by Crippen LogP contribution is -2.17. The summed E-state index contributed by atoms with van der Waals surface area (Å²) in [5.41, 5.74) is 0. The molecule has 0 saturated heterocycles. The molecule has 0 bridgehead atoms. The van der Waals surface area contributed by atoms with Crippen LogP contribution in [0.5, 0.6) is 0 Å². The van der Waals surface area contributed by atoms with Crippen molar-refractivity contribution in [3.05, 3.63) is 17.4 Å². The van der Waals surface area contributed by atoms with Crippen molar-refractivity contribution in [2.75, 3.05) is 0 Å². The summed E-state index contributed by atoms with van der Waals surface area (Å²) in [6, 6.07) is 2.47. The maximum Gasteiger partial charge on any atom is 0.151 e. The van der Waals surface area contributed by atoms with Crippen LogP contribution in [0.25, 0.3) is 0 Å². The molecule has 54 valence electrons. The van der Waals surface area contributed by atoms with Gasteiger partial charge in [-0.1, -0.05) is 11.6 Å². The highest BCUT2D eigenvalue weighted by atomic mass is 35.5. The molecule has 0 spiro atoms. The van der Waals surface area contributed by atoms with Crippen molar-refractivity contribution in [1.82, 2.24) is 9.78 Å². The average molecular weight is 157 g/mol. The second-order valence-electron chi connectivity index (χ2n) is 2.70. The second-order valence-corrected chi connectivity index (χ2v) is 3.09. The van der Waals surface area contributed by atoms with Gasteiger partial charge in [-0.2, -0.15) is 5.10 Å². The van der Waals surface area contributed by atoms with Gasteiger partial charge in [0.05, 0.1) is 6.04 Å². The summed E-state index contributed by atoms with van der Waals surface area (Å²) in [5.74, 6) is 0. The molecular formula is C7H9ClN2. The molecule has 2 rings (SSSR count). The molecule has 2 nitrogen and oxygen atoms in total. The van der Waals surface area contributed by atoms with Crippen molar-refractivity contribution in [1.29, 1.82) is 0 Å². The molecule has 3 heteroatoms. The normalized spacial score (nSPS) is 18.9. The van der Waals surface area contributed by atoms with E-state index < -0.39 is 0 Å². The van der Waals surface area contributed by atoms with Crippen molar-refractivity contribution in [3.63, 3.8) is 0 Å². The third-order valence-electron chi connectivity index (χ3n) is 2.02. The van der Waals surface area contributed by atoms with E-state index in [0.717, 1.165) is 0 Å². The SMILES string of the molecule is Clc1ccn(C2CCC2)n1. The van der Waals surface area contributed by atoms with Gasteiger partial charge < -0.3 is 0 Å². The Bertz CT molecular complexity index is 227.